The first-order valence-electron chi connectivity index (χ1n) is 19.5. The van der Waals surface area contributed by atoms with E-state index in [1.165, 1.54) is 38.6 Å². The second kappa shape index (κ2) is 43.8. The van der Waals surface area contributed by atoms with Crippen molar-refractivity contribution in [2.24, 2.45) is 0 Å². The van der Waals surface area contributed by atoms with Gasteiger partial charge in [0.25, 0.3) is 0 Å². The van der Waals surface area contributed by atoms with E-state index in [4.69, 9.17) is 75.9 Å². The van der Waals surface area contributed by atoms with Crippen LogP contribution in [0.4, 0.5) is 0 Å². The maximum absolute atomic E-state index is 12.2. The van der Waals surface area contributed by atoms with Gasteiger partial charge in [-0.15, -0.1) is 46.4 Å². The first-order valence-corrected chi connectivity index (χ1v) is 21.6. The molecule has 0 aliphatic carbocycles. The van der Waals surface area contributed by atoms with Crippen LogP contribution in [0.3, 0.4) is 0 Å². The summed E-state index contributed by atoms with van der Waals surface area (Å²) in [6.45, 7) is 2.86. The maximum Gasteiger partial charge on any atom is 2.00 e. The number of fused-ring (bicyclic) bond motifs is 2. The number of benzene rings is 4. The molecule has 24 heteroatoms. The normalized spacial score (nSPS) is 8.59. The van der Waals surface area contributed by atoms with Crippen molar-refractivity contribution in [3.05, 3.63) is 193 Å². The fourth-order valence-electron chi connectivity index (χ4n) is 5.26. The van der Waals surface area contributed by atoms with Crippen molar-refractivity contribution in [2.75, 3.05) is 10.7 Å². The van der Waals surface area contributed by atoms with E-state index >= 15 is 0 Å². The Kier molecular flexibility index (Phi) is 44.4. The first kappa shape index (κ1) is 74.9. The van der Waals surface area contributed by atoms with Crippen LogP contribution >= 0.6 is 46.4 Å². The molecule has 0 spiro atoms. The SMILES string of the molecule is CC#N.CC#N.ClCCl.ClCCl.O=C(Oc1ccc2ccc(OC(=O)c3cccnc3)cc2c1)c1cccnc1.O=C(Oc1ccc2ccc(OC(=O)c3cccnc3)cc2c1)c1cccnc1.[Cl-].[Cl-].[Cl-].[Cl-].[Zn+2].[Zn+2]. The minimum Gasteiger partial charge on any atom is -1.00 e. The van der Waals surface area contributed by atoms with Gasteiger partial charge in [0.1, 0.15) is 23.0 Å². The van der Waals surface area contributed by atoms with Crippen LogP contribution in [0, 0.1) is 22.7 Å². The minimum atomic E-state index is -0.494. The fraction of sp³-hybridized carbons (Fsp3) is 0.0800. The third-order valence-electron chi connectivity index (χ3n) is 8.00. The second-order valence-corrected chi connectivity index (χ2v) is 14.1. The molecule has 0 bridgehead atoms. The maximum atomic E-state index is 12.2. The largest absolute Gasteiger partial charge is 2.00 e. The molecule has 4 heterocycles. The molecule has 74 heavy (non-hydrogen) atoms. The number of aromatic nitrogens is 4. The molecule has 8 rings (SSSR count). The topological polar surface area (TPSA) is 204 Å². The standard InChI is InChI=1S/2C22H14N2O4.2C2H3N.2CH2Cl2.4ClH.2Zn/c2*25-21(16-3-1-9-23-13-16)27-19-7-5-15-6-8-20(12-18(15)11-19)28-22(26)17-4-2-10-24-14-17;2*1-2-3;2*2-1-3;;;;;;/h2*1-14H;2*1H3;2*1H2;4*1H;;/q;;;;;;;;;;2*+2/p-4. The number of alkyl halides is 4. The summed E-state index contributed by atoms with van der Waals surface area (Å²) >= 11 is 19.1. The van der Waals surface area contributed by atoms with Crippen molar-refractivity contribution < 1.29 is 127 Å². The summed E-state index contributed by atoms with van der Waals surface area (Å²) in [6, 6.07) is 37.7. The zero-order valence-corrected chi connectivity index (χ0v) is 50.9. The summed E-state index contributed by atoms with van der Waals surface area (Å²) < 4.78 is 21.6. The second-order valence-electron chi connectivity index (χ2n) is 12.5. The van der Waals surface area contributed by atoms with Gasteiger partial charge in [0.05, 0.1) is 45.1 Å². The zero-order valence-electron chi connectivity index (χ0n) is 39.0. The number of halogens is 8. The molecule has 0 fully saturated rings. The molecular formula is C50H38Cl8N6O8Zn2. The Morgan fingerprint density at radius 1 is 0.405 bits per heavy atom. The molecule has 0 atom stereocenters. The van der Waals surface area contributed by atoms with E-state index in [1.54, 1.807) is 134 Å². The van der Waals surface area contributed by atoms with Crippen molar-refractivity contribution in [3.8, 4) is 35.1 Å². The quantitative estimate of drug-likeness (QED) is 0.0855. The molecule has 8 aromatic rings. The average Bonchev–Trinajstić information content (AvgIpc) is 3.36. The minimum absolute atomic E-state index is 0. The number of ether oxygens (including phenoxy) is 4. The summed E-state index contributed by atoms with van der Waals surface area (Å²) in [5, 5.41) is 18.4. The van der Waals surface area contributed by atoms with Crippen molar-refractivity contribution >= 4 is 91.8 Å². The molecule has 0 amide bonds. The molecule has 4 aromatic heterocycles. The third kappa shape index (κ3) is 27.1. The van der Waals surface area contributed by atoms with Gasteiger partial charge in [-0.25, -0.2) is 19.2 Å². The Morgan fingerprint density at radius 2 is 0.595 bits per heavy atom. The van der Waals surface area contributed by atoms with E-state index in [1.807, 2.05) is 24.3 Å². The van der Waals surface area contributed by atoms with Crippen LogP contribution in [-0.4, -0.2) is 54.5 Å². The van der Waals surface area contributed by atoms with Crippen molar-refractivity contribution in [1.82, 2.24) is 19.9 Å². The van der Waals surface area contributed by atoms with E-state index < -0.39 is 23.9 Å². The molecular weight excluding hydrogens is 1230 g/mol. The number of nitriles is 2. The molecule has 0 radical (unpaired) electrons. The number of rotatable bonds is 8. The van der Waals surface area contributed by atoms with E-state index in [0.717, 1.165) is 21.5 Å². The summed E-state index contributed by atoms with van der Waals surface area (Å²) in [5.41, 5.74) is 1.45. The number of hydrogen-bond donors (Lipinski definition) is 0. The number of carbonyl (C=O) groups is 4. The number of hydrogen-bond acceptors (Lipinski definition) is 14. The van der Waals surface area contributed by atoms with Gasteiger partial charge in [0, 0.05) is 63.4 Å². The zero-order chi connectivity index (χ0) is 49.5. The van der Waals surface area contributed by atoms with Gasteiger partial charge in [0.2, 0.25) is 0 Å². The molecule has 0 saturated carbocycles. The van der Waals surface area contributed by atoms with Gasteiger partial charge in [0.15, 0.2) is 0 Å². The van der Waals surface area contributed by atoms with Crippen LogP contribution in [0.15, 0.2) is 171 Å². The summed E-state index contributed by atoms with van der Waals surface area (Å²) in [6.07, 6.45) is 12.1. The molecule has 0 N–H and O–H groups in total. The molecule has 0 aliphatic heterocycles. The average molecular weight is 1270 g/mol. The number of pyridine rings is 4. The first-order chi connectivity index (χ1) is 33.0. The fourth-order valence-corrected chi connectivity index (χ4v) is 5.26. The Hall–Kier alpha value is -5.57. The van der Waals surface area contributed by atoms with E-state index in [9.17, 15) is 19.2 Å². The van der Waals surface area contributed by atoms with Crippen LogP contribution in [0.5, 0.6) is 23.0 Å². The predicted molar refractivity (Wildman–Crippen MR) is 260 cm³/mol. The molecule has 0 unspecified atom stereocenters. The molecule has 376 valence electrons. The van der Waals surface area contributed by atoms with Crippen molar-refractivity contribution in [1.29, 1.82) is 10.5 Å². The Morgan fingerprint density at radius 3 is 0.757 bits per heavy atom. The van der Waals surface area contributed by atoms with Gasteiger partial charge in [-0.2, -0.15) is 10.5 Å². The number of carbonyl (C=O) groups excluding carboxylic acids is 4. The van der Waals surface area contributed by atoms with E-state index in [-0.39, 0.29) is 99.3 Å². The smallest absolute Gasteiger partial charge is 1.00 e. The monoisotopic (exact) mass is 1260 g/mol. The Labute approximate surface area is 497 Å². The van der Waals surface area contributed by atoms with Crippen LogP contribution in [0.2, 0.25) is 0 Å². The van der Waals surface area contributed by atoms with E-state index in [0.29, 0.717) is 45.3 Å². The summed E-state index contributed by atoms with van der Waals surface area (Å²) in [5.74, 6) is -0.431. The van der Waals surface area contributed by atoms with Gasteiger partial charge < -0.3 is 68.6 Å². The van der Waals surface area contributed by atoms with Crippen LogP contribution in [0.25, 0.3) is 21.5 Å². The van der Waals surface area contributed by atoms with Crippen molar-refractivity contribution in [2.45, 2.75) is 13.8 Å². The van der Waals surface area contributed by atoms with Gasteiger partial charge in [-0.1, -0.05) is 24.3 Å². The van der Waals surface area contributed by atoms with Crippen LogP contribution < -0.4 is 68.6 Å². The van der Waals surface area contributed by atoms with Gasteiger partial charge in [-0.3, -0.25) is 19.9 Å². The third-order valence-corrected chi connectivity index (χ3v) is 8.00. The number of nitrogens with zero attached hydrogens (tertiary/aromatic N) is 6. The predicted octanol–water partition coefficient (Wildman–Crippen LogP) is 0.0502. The van der Waals surface area contributed by atoms with Crippen LogP contribution in [-0.2, 0) is 39.0 Å². The number of esters is 4. The Bertz CT molecular complexity index is 2580. The van der Waals surface area contributed by atoms with Gasteiger partial charge >= 0.3 is 62.8 Å². The summed E-state index contributed by atoms with van der Waals surface area (Å²) in [4.78, 5) is 64.4. The van der Waals surface area contributed by atoms with E-state index in [2.05, 4.69) is 19.9 Å². The molecule has 4 aromatic carbocycles. The summed E-state index contributed by atoms with van der Waals surface area (Å²) in [7, 11) is 0. The van der Waals surface area contributed by atoms with Gasteiger partial charge in [-0.05, 0) is 119 Å². The van der Waals surface area contributed by atoms with Crippen molar-refractivity contribution in [3.63, 3.8) is 0 Å². The Balaban J connectivity index is -0.000000511. The molecule has 14 nitrogen and oxygen atoms in total. The van der Waals surface area contributed by atoms with Crippen LogP contribution in [0.1, 0.15) is 55.3 Å². The molecule has 0 aliphatic rings. The molecule has 0 saturated heterocycles.